The summed E-state index contributed by atoms with van der Waals surface area (Å²) in [5.41, 5.74) is 3.57. The molecule has 0 fully saturated rings. The molecule has 2 heterocycles. The van der Waals surface area contributed by atoms with Crippen molar-refractivity contribution in [3.8, 4) is 5.75 Å². The molecular weight excluding hydrogens is 340 g/mol. The van der Waals surface area contributed by atoms with Crippen LogP contribution in [0.15, 0.2) is 59.3 Å². The number of benzene rings is 2. The van der Waals surface area contributed by atoms with E-state index in [1.54, 1.807) is 13.4 Å². The summed E-state index contributed by atoms with van der Waals surface area (Å²) in [7, 11) is 1.62. The summed E-state index contributed by atoms with van der Waals surface area (Å²) in [6.07, 6.45) is 5.07. The molecule has 0 unspecified atom stereocenters. The van der Waals surface area contributed by atoms with Crippen LogP contribution in [0.1, 0.15) is 18.9 Å². The van der Waals surface area contributed by atoms with E-state index in [-0.39, 0.29) is 12.3 Å². The van der Waals surface area contributed by atoms with Crippen LogP contribution in [-0.2, 0) is 17.8 Å². The molecule has 4 rings (SSSR count). The molecule has 0 aliphatic rings. The maximum atomic E-state index is 12.5. The van der Waals surface area contributed by atoms with Crippen LogP contribution in [0, 0.1) is 0 Å². The Labute approximate surface area is 157 Å². The van der Waals surface area contributed by atoms with Gasteiger partial charge in [0.15, 0.2) is 0 Å². The summed E-state index contributed by atoms with van der Waals surface area (Å²) in [4.78, 5) is 12.5. The monoisotopic (exact) mass is 362 g/mol. The van der Waals surface area contributed by atoms with Crippen LogP contribution in [0.5, 0.6) is 5.75 Å². The molecule has 0 saturated carbocycles. The van der Waals surface area contributed by atoms with E-state index < -0.39 is 0 Å². The van der Waals surface area contributed by atoms with Crippen LogP contribution in [0.25, 0.3) is 21.9 Å². The van der Waals surface area contributed by atoms with Gasteiger partial charge in [-0.15, -0.1) is 0 Å². The van der Waals surface area contributed by atoms with E-state index in [2.05, 4.69) is 35.1 Å². The van der Waals surface area contributed by atoms with Crippen molar-refractivity contribution in [1.29, 1.82) is 0 Å². The normalized spacial score (nSPS) is 11.2. The number of fused-ring (bicyclic) bond motifs is 2. The number of nitrogens with one attached hydrogen (secondary N) is 1. The molecule has 2 aromatic heterocycles. The number of carbonyl (C=O) groups excluding carboxylic acids is 1. The molecule has 5 heteroatoms. The lowest BCUT2D eigenvalue weighted by molar-refractivity contribution is -0.115. The van der Waals surface area contributed by atoms with E-state index in [0.29, 0.717) is 0 Å². The predicted molar refractivity (Wildman–Crippen MR) is 107 cm³/mol. The third-order valence-corrected chi connectivity index (χ3v) is 4.73. The second-order valence-corrected chi connectivity index (χ2v) is 6.63. The summed E-state index contributed by atoms with van der Waals surface area (Å²) < 4.78 is 13.0. The number of nitrogens with zero attached hydrogens (tertiary/aromatic N) is 1. The van der Waals surface area contributed by atoms with E-state index in [0.717, 1.165) is 46.3 Å². The van der Waals surface area contributed by atoms with Gasteiger partial charge in [0.25, 0.3) is 0 Å². The molecule has 0 aliphatic carbocycles. The van der Waals surface area contributed by atoms with Crippen molar-refractivity contribution >= 4 is 33.5 Å². The molecule has 5 nitrogen and oxygen atoms in total. The van der Waals surface area contributed by atoms with Crippen LogP contribution in [0.4, 0.5) is 5.69 Å². The number of furan rings is 1. The minimum Gasteiger partial charge on any atom is -0.497 e. The van der Waals surface area contributed by atoms with Crippen molar-refractivity contribution in [2.24, 2.45) is 0 Å². The SMILES string of the molecule is CCCn1ccc2cc(NC(=O)Cc3coc4cc(OC)ccc34)ccc21. The fourth-order valence-electron chi connectivity index (χ4n) is 3.42. The first-order valence-electron chi connectivity index (χ1n) is 9.11. The second kappa shape index (κ2) is 7.19. The van der Waals surface area contributed by atoms with Crippen LogP contribution in [0.2, 0.25) is 0 Å². The number of methoxy groups -OCH3 is 1. The van der Waals surface area contributed by atoms with Gasteiger partial charge in [0.1, 0.15) is 11.3 Å². The van der Waals surface area contributed by atoms with Crippen molar-refractivity contribution in [3.63, 3.8) is 0 Å². The average molecular weight is 362 g/mol. The summed E-state index contributed by atoms with van der Waals surface area (Å²) in [6.45, 7) is 3.16. The molecule has 4 aromatic rings. The third kappa shape index (κ3) is 3.40. The molecule has 0 radical (unpaired) electrons. The Balaban J connectivity index is 1.50. The summed E-state index contributed by atoms with van der Waals surface area (Å²) in [5, 5.41) is 5.04. The Morgan fingerprint density at radius 3 is 2.89 bits per heavy atom. The van der Waals surface area contributed by atoms with Gasteiger partial charge in [0.2, 0.25) is 5.91 Å². The van der Waals surface area contributed by atoms with Gasteiger partial charge in [-0.2, -0.15) is 0 Å². The zero-order valence-corrected chi connectivity index (χ0v) is 15.5. The highest BCUT2D eigenvalue weighted by atomic mass is 16.5. The zero-order chi connectivity index (χ0) is 18.8. The second-order valence-electron chi connectivity index (χ2n) is 6.63. The lowest BCUT2D eigenvalue weighted by Gasteiger charge is -2.07. The molecule has 0 aliphatic heterocycles. The Hall–Kier alpha value is -3.21. The molecule has 0 spiro atoms. The largest absolute Gasteiger partial charge is 0.497 e. The molecule has 1 amide bonds. The van der Waals surface area contributed by atoms with Gasteiger partial charge in [0.05, 0.1) is 19.8 Å². The van der Waals surface area contributed by atoms with E-state index in [1.807, 2.05) is 30.3 Å². The number of rotatable bonds is 6. The first-order chi connectivity index (χ1) is 13.2. The maximum absolute atomic E-state index is 12.5. The Kier molecular flexibility index (Phi) is 4.59. The maximum Gasteiger partial charge on any atom is 0.228 e. The van der Waals surface area contributed by atoms with Gasteiger partial charge < -0.3 is 19.0 Å². The minimum atomic E-state index is -0.0686. The van der Waals surface area contributed by atoms with E-state index in [1.165, 1.54) is 5.52 Å². The lowest BCUT2D eigenvalue weighted by atomic mass is 10.1. The van der Waals surface area contributed by atoms with Gasteiger partial charge in [-0.05, 0) is 42.8 Å². The molecule has 1 N–H and O–H groups in total. The Morgan fingerprint density at radius 1 is 1.19 bits per heavy atom. The quantitative estimate of drug-likeness (QED) is 0.526. The highest BCUT2D eigenvalue weighted by Crippen LogP contribution is 2.26. The smallest absolute Gasteiger partial charge is 0.228 e. The molecule has 138 valence electrons. The van der Waals surface area contributed by atoms with Crippen molar-refractivity contribution in [2.75, 3.05) is 12.4 Å². The van der Waals surface area contributed by atoms with Crippen LogP contribution in [-0.4, -0.2) is 17.6 Å². The first-order valence-corrected chi connectivity index (χ1v) is 9.11. The molecule has 2 aromatic carbocycles. The number of anilines is 1. The average Bonchev–Trinajstić information content (AvgIpc) is 3.25. The molecular formula is C22H22N2O3. The van der Waals surface area contributed by atoms with Gasteiger partial charge in [-0.1, -0.05) is 6.92 Å². The Morgan fingerprint density at radius 2 is 2.07 bits per heavy atom. The summed E-state index contributed by atoms with van der Waals surface area (Å²) >= 11 is 0. The van der Waals surface area contributed by atoms with Gasteiger partial charge in [-0.25, -0.2) is 0 Å². The number of amides is 1. The number of aromatic nitrogens is 1. The fraction of sp³-hybridized carbons (Fsp3) is 0.227. The first kappa shape index (κ1) is 17.2. The fourth-order valence-corrected chi connectivity index (χ4v) is 3.42. The van der Waals surface area contributed by atoms with Crippen molar-refractivity contribution < 1.29 is 13.9 Å². The number of aryl methyl sites for hydroxylation is 1. The number of carbonyl (C=O) groups is 1. The van der Waals surface area contributed by atoms with Gasteiger partial charge >= 0.3 is 0 Å². The minimum absolute atomic E-state index is 0.0686. The van der Waals surface area contributed by atoms with Crippen molar-refractivity contribution in [1.82, 2.24) is 4.57 Å². The number of hydrogen-bond acceptors (Lipinski definition) is 3. The Bertz CT molecular complexity index is 1110. The highest BCUT2D eigenvalue weighted by molar-refractivity contribution is 5.97. The lowest BCUT2D eigenvalue weighted by Crippen LogP contribution is -2.14. The molecule has 0 saturated heterocycles. The van der Waals surface area contributed by atoms with E-state index in [4.69, 9.17) is 9.15 Å². The van der Waals surface area contributed by atoms with E-state index in [9.17, 15) is 4.79 Å². The van der Waals surface area contributed by atoms with E-state index >= 15 is 0 Å². The third-order valence-electron chi connectivity index (χ3n) is 4.73. The number of ether oxygens (including phenoxy) is 1. The predicted octanol–water partition coefficient (Wildman–Crippen LogP) is 4.99. The van der Waals surface area contributed by atoms with Gasteiger partial charge in [0, 0.05) is 46.3 Å². The molecule has 0 bridgehead atoms. The van der Waals surface area contributed by atoms with Crippen LogP contribution in [0.3, 0.4) is 0 Å². The van der Waals surface area contributed by atoms with Crippen LogP contribution < -0.4 is 10.1 Å². The van der Waals surface area contributed by atoms with Crippen LogP contribution >= 0.6 is 0 Å². The topological polar surface area (TPSA) is 56.4 Å². The molecule has 27 heavy (non-hydrogen) atoms. The highest BCUT2D eigenvalue weighted by Gasteiger charge is 2.12. The van der Waals surface area contributed by atoms with Crippen molar-refractivity contribution in [3.05, 3.63) is 60.5 Å². The molecule has 0 atom stereocenters. The summed E-state index contributed by atoms with van der Waals surface area (Å²) in [5.74, 6) is 0.664. The number of hydrogen-bond donors (Lipinski definition) is 1. The standard InChI is InChI=1S/C22H22N2O3/c1-3-9-24-10-8-15-11-17(4-7-20(15)24)23-22(25)12-16-14-27-21-13-18(26-2)5-6-19(16)21/h4-8,10-11,13-14H,3,9,12H2,1-2H3,(H,23,25). The zero-order valence-electron chi connectivity index (χ0n) is 15.5. The van der Waals surface area contributed by atoms with Gasteiger partial charge in [-0.3, -0.25) is 4.79 Å². The van der Waals surface area contributed by atoms with Crippen molar-refractivity contribution in [2.45, 2.75) is 26.3 Å². The summed E-state index contributed by atoms with van der Waals surface area (Å²) in [6, 6.07) is 13.7.